The molecular weight excluding hydrogens is 232 g/mol. The lowest BCUT2D eigenvalue weighted by molar-refractivity contribution is 0.0600. The molecule has 2 N–H and O–H groups in total. The molecule has 0 aliphatic carbocycles. The van der Waals surface area contributed by atoms with Crippen LogP contribution in [0.5, 0.6) is 5.75 Å². The van der Waals surface area contributed by atoms with Gasteiger partial charge in [-0.3, -0.25) is 0 Å². The van der Waals surface area contributed by atoms with Gasteiger partial charge in [-0.25, -0.2) is 4.79 Å². The van der Waals surface area contributed by atoms with Crippen LogP contribution in [-0.4, -0.2) is 28.4 Å². The summed E-state index contributed by atoms with van der Waals surface area (Å²) >= 11 is 5.70. The smallest absolute Gasteiger partial charge is 0.337 e. The molecule has 0 saturated heterocycles. The van der Waals surface area contributed by atoms with Gasteiger partial charge in [0.1, 0.15) is 11.9 Å². The van der Waals surface area contributed by atoms with E-state index in [2.05, 4.69) is 0 Å². The Bertz CT molecular complexity index is 390. The maximum Gasteiger partial charge on any atom is 0.337 e. The molecule has 1 rings (SSSR count). The van der Waals surface area contributed by atoms with Gasteiger partial charge in [0, 0.05) is 0 Å². The summed E-state index contributed by atoms with van der Waals surface area (Å²) in [5, 5.41) is 18.2. The monoisotopic (exact) mass is 244 g/mol. The van der Waals surface area contributed by atoms with Crippen LogP contribution in [0.3, 0.4) is 0 Å². The molecule has 5 heteroatoms. The van der Waals surface area contributed by atoms with Crippen molar-refractivity contribution in [1.82, 2.24) is 0 Å². The van der Waals surface area contributed by atoms with Gasteiger partial charge in [-0.05, 0) is 32.0 Å². The van der Waals surface area contributed by atoms with Crippen LogP contribution in [-0.2, 0) is 0 Å². The molecule has 0 radical (unpaired) electrons. The highest BCUT2D eigenvalue weighted by Gasteiger charge is 2.13. The van der Waals surface area contributed by atoms with Crippen molar-refractivity contribution in [2.45, 2.75) is 26.1 Å². The van der Waals surface area contributed by atoms with E-state index in [1.165, 1.54) is 12.1 Å². The van der Waals surface area contributed by atoms with Crippen LogP contribution in [0.4, 0.5) is 0 Å². The van der Waals surface area contributed by atoms with Gasteiger partial charge < -0.3 is 14.9 Å². The number of benzene rings is 1. The molecule has 0 saturated carbocycles. The summed E-state index contributed by atoms with van der Waals surface area (Å²) in [4.78, 5) is 10.8. The van der Waals surface area contributed by atoms with Gasteiger partial charge >= 0.3 is 5.97 Å². The van der Waals surface area contributed by atoms with Crippen LogP contribution in [0.2, 0.25) is 5.02 Å². The maximum absolute atomic E-state index is 10.8. The number of halogens is 1. The molecule has 0 heterocycles. The number of carboxylic acids is 1. The number of carbonyl (C=O) groups is 1. The van der Waals surface area contributed by atoms with E-state index in [1.807, 2.05) is 0 Å². The number of carboxylic acid groups (broad SMARTS) is 1. The van der Waals surface area contributed by atoms with Gasteiger partial charge in [0.25, 0.3) is 0 Å². The van der Waals surface area contributed by atoms with Crippen LogP contribution in [0, 0.1) is 0 Å². The molecule has 0 aromatic heterocycles. The maximum atomic E-state index is 10.8. The van der Waals surface area contributed by atoms with Gasteiger partial charge in [-0.1, -0.05) is 11.6 Å². The van der Waals surface area contributed by atoms with E-state index in [0.717, 1.165) is 0 Å². The Kier molecular flexibility index (Phi) is 4.15. The Morgan fingerprint density at radius 3 is 2.56 bits per heavy atom. The molecule has 0 bridgehead atoms. The third kappa shape index (κ3) is 3.12. The van der Waals surface area contributed by atoms with Gasteiger partial charge in [0.2, 0.25) is 0 Å². The summed E-state index contributed by atoms with van der Waals surface area (Å²) in [6, 6.07) is 4.35. The van der Waals surface area contributed by atoms with E-state index in [1.54, 1.807) is 19.9 Å². The van der Waals surface area contributed by atoms with E-state index in [4.69, 9.17) is 21.4 Å². The van der Waals surface area contributed by atoms with Crippen LogP contribution < -0.4 is 4.74 Å². The molecule has 0 spiro atoms. The van der Waals surface area contributed by atoms with Crippen molar-refractivity contribution in [2.24, 2.45) is 0 Å². The fourth-order valence-electron chi connectivity index (χ4n) is 1.05. The second-order valence-electron chi connectivity index (χ2n) is 3.51. The average molecular weight is 245 g/mol. The minimum atomic E-state index is -1.11. The van der Waals surface area contributed by atoms with Crippen molar-refractivity contribution >= 4 is 17.6 Å². The normalized spacial score (nSPS) is 14.2. The lowest BCUT2D eigenvalue weighted by Crippen LogP contribution is -2.25. The number of hydrogen-bond acceptors (Lipinski definition) is 3. The van der Waals surface area contributed by atoms with Crippen molar-refractivity contribution in [3.63, 3.8) is 0 Å². The number of rotatable bonds is 4. The number of aromatic carboxylic acids is 1. The number of ether oxygens (including phenoxy) is 1. The van der Waals surface area contributed by atoms with Crippen LogP contribution in [0.1, 0.15) is 24.2 Å². The first-order chi connectivity index (χ1) is 7.41. The molecule has 0 aliphatic rings. The van der Waals surface area contributed by atoms with Crippen LogP contribution >= 0.6 is 11.6 Å². The Balaban J connectivity index is 2.91. The third-order valence-electron chi connectivity index (χ3n) is 2.17. The van der Waals surface area contributed by atoms with Gasteiger partial charge in [0.15, 0.2) is 0 Å². The summed E-state index contributed by atoms with van der Waals surface area (Å²) in [5.74, 6) is -0.740. The Labute approximate surface area is 98.4 Å². The quantitative estimate of drug-likeness (QED) is 0.852. The topological polar surface area (TPSA) is 66.8 Å². The Morgan fingerprint density at radius 2 is 2.06 bits per heavy atom. The highest BCUT2D eigenvalue weighted by atomic mass is 35.5. The summed E-state index contributed by atoms with van der Waals surface area (Å²) in [6.45, 7) is 3.29. The van der Waals surface area contributed by atoms with Crippen molar-refractivity contribution in [3.05, 3.63) is 28.8 Å². The van der Waals surface area contributed by atoms with Gasteiger partial charge in [-0.15, -0.1) is 0 Å². The van der Waals surface area contributed by atoms with Crippen molar-refractivity contribution < 1.29 is 19.7 Å². The zero-order valence-electron chi connectivity index (χ0n) is 8.98. The summed E-state index contributed by atoms with van der Waals surface area (Å²) in [7, 11) is 0. The minimum Gasteiger partial charge on any atom is -0.488 e. The fourth-order valence-corrected chi connectivity index (χ4v) is 1.25. The molecule has 4 nitrogen and oxygen atoms in total. The van der Waals surface area contributed by atoms with Crippen LogP contribution in [0.15, 0.2) is 18.2 Å². The first-order valence-electron chi connectivity index (χ1n) is 4.79. The predicted octanol–water partition coefficient (Wildman–Crippen LogP) is 2.19. The Morgan fingerprint density at radius 1 is 1.44 bits per heavy atom. The standard InChI is InChI=1S/C11H13ClO4/c1-6(13)7(2)16-8-3-4-10(12)9(5-8)11(14)15/h3-7,13H,1-2H3,(H,14,15). The van der Waals surface area contributed by atoms with E-state index in [-0.39, 0.29) is 10.6 Å². The Hall–Kier alpha value is -1.26. The van der Waals surface area contributed by atoms with Gasteiger partial charge in [-0.2, -0.15) is 0 Å². The number of hydrogen-bond donors (Lipinski definition) is 2. The van der Waals surface area contributed by atoms with E-state index < -0.39 is 18.2 Å². The van der Waals surface area contributed by atoms with E-state index in [9.17, 15) is 9.90 Å². The molecule has 2 unspecified atom stereocenters. The molecular formula is C11H13ClO4. The number of aliphatic hydroxyl groups excluding tert-OH is 1. The first kappa shape index (κ1) is 12.8. The van der Waals surface area contributed by atoms with E-state index in [0.29, 0.717) is 5.75 Å². The lowest BCUT2D eigenvalue weighted by atomic mass is 10.2. The summed E-state index contributed by atoms with van der Waals surface area (Å²) in [6.07, 6.45) is -1.05. The molecule has 16 heavy (non-hydrogen) atoms. The molecule has 0 aliphatic heterocycles. The number of aliphatic hydroxyl groups is 1. The zero-order chi connectivity index (χ0) is 12.3. The highest BCUT2D eigenvalue weighted by Crippen LogP contribution is 2.23. The fraction of sp³-hybridized carbons (Fsp3) is 0.364. The second-order valence-corrected chi connectivity index (χ2v) is 3.92. The predicted molar refractivity (Wildman–Crippen MR) is 60.2 cm³/mol. The molecule has 1 aromatic carbocycles. The highest BCUT2D eigenvalue weighted by molar-refractivity contribution is 6.33. The zero-order valence-corrected chi connectivity index (χ0v) is 9.73. The minimum absolute atomic E-state index is 0.0167. The molecule has 1 aromatic rings. The second kappa shape index (κ2) is 5.18. The molecule has 2 atom stereocenters. The van der Waals surface area contributed by atoms with Gasteiger partial charge in [0.05, 0.1) is 16.7 Å². The summed E-state index contributed by atoms with van der Waals surface area (Å²) < 4.78 is 5.35. The summed E-state index contributed by atoms with van der Waals surface area (Å²) in [5.41, 5.74) is -0.0167. The molecule has 88 valence electrons. The van der Waals surface area contributed by atoms with Crippen molar-refractivity contribution in [3.8, 4) is 5.75 Å². The largest absolute Gasteiger partial charge is 0.488 e. The van der Waals surface area contributed by atoms with Crippen LogP contribution in [0.25, 0.3) is 0 Å². The third-order valence-corrected chi connectivity index (χ3v) is 2.50. The average Bonchev–Trinajstić information content (AvgIpc) is 2.20. The SMILES string of the molecule is CC(O)C(C)Oc1ccc(Cl)c(C(=O)O)c1. The van der Waals surface area contributed by atoms with Crippen molar-refractivity contribution in [2.75, 3.05) is 0 Å². The van der Waals surface area contributed by atoms with E-state index >= 15 is 0 Å². The first-order valence-corrected chi connectivity index (χ1v) is 5.17. The lowest BCUT2D eigenvalue weighted by Gasteiger charge is -2.17. The molecule has 0 fully saturated rings. The molecule has 0 amide bonds. The van der Waals surface area contributed by atoms with Crippen molar-refractivity contribution in [1.29, 1.82) is 0 Å².